The molecule has 0 saturated carbocycles. The number of nitrogens with one attached hydrogen (secondary N) is 1. The summed E-state index contributed by atoms with van der Waals surface area (Å²) in [4.78, 5) is 24.7. The minimum Gasteiger partial charge on any atom is -0.280 e. The lowest BCUT2D eigenvalue weighted by Gasteiger charge is -2.18. The first-order valence-electron chi connectivity index (χ1n) is 9.69. The minimum absolute atomic E-state index is 0.0600. The molecular formula is C20H23N3O6S2. The SMILES string of the molecule is CCN(CC)S(=O)(=O)c1ccc(NS(=O)(=O)c2ccc(N3C(=O)CCC3=O)cc2)cc1. The van der Waals surface area contributed by atoms with E-state index in [1.54, 1.807) is 13.8 Å². The Hall–Kier alpha value is -2.76. The van der Waals surface area contributed by atoms with Crippen molar-refractivity contribution in [2.45, 2.75) is 36.5 Å². The maximum atomic E-state index is 12.7. The van der Waals surface area contributed by atoms with E-state index < -0.39 is 20.0 Å². The number of rotatable bonds is 8. The van der Waals surface area contributed by atoms with Gasteiger partial charge in [0.05, 0.1) is 15.5 Å². The zero-order chi connectivity index (χ0) is 22.8. The van der Waals surface area contributed by atoms with Crippen LogP contribution in [0.2, 0.25) is 0 Å². The minimum atomic E-state index is -3.95. The summed E-state index contributed by atoms with van der Waals surface area (Å²) in [5.74, 6) is -0.642. The third kappa shape index (κ3) is 4.63. The van der Waals surface area contributed by atoms with Crippen molar-refractivity contribution in [3.05, 3.63) is 48.5 Å². The van der Waals surface area contributed by atoms with Gasteiger partial charge in [0, 0.05) is 31.6 Å². The fourth-order valence-corrected chi connectivity index (χ4v) is 5.78. The lowest BCUT2D eigenvalue weighted by Crippen LogP contribution is -2.30. The Morgan fingerprint density at radius 1 is 0.806 bits per heavy atom. The number of carbonyl (C=O) groups excluding carboxylic acids is 2. The summed E-state index contributed by atoms with van der Waals surface area (Å²) >= 11 is 0. The molecule has 1 N–H and O–H groups in total. The molecule has 3 rings (SSSR count). The van der Waals surface area contributed by atoms with E-state index in [2.05, 4.69) is 4.72 Å². The number of hydrogen-bond acceptors (Lipinski definition) is 6. The van der Waals surface area contributed by atoms with Gasteiger partial charge in [0.25, 0.3) is 10.0 Å². The molecule has 0 aromatic heterocycles. The van der Waals surface area contributed by atoms with Gasteiger partial charge < -0.3 is 0 Å². The van der Waals surface area contributed by atoms with Crippen molar-refractivity contribution in [3.63, 3.8) is 0 Å². The van der Waals surface area contributed by atoms with Crippen LogP contribution in [0.3, 0.4) is 0 Å². The van der Waals surface area contributed by atoms with Gasteiger partial charge in [-0.15, -0.1) is 0 Å². The number of sulfonamides is 2. The van der Waals surface area contributed by atoms with Gasteiger partial charge in [-0.25, -0.2) is 16.8 Å². The third-order valence-corrected chi connectivity index (χ3v) is 8.37. The van der Waals surface area contributed by atoms with Crippen LogP contribution in [0.25, 0.3) is 0 Å². The molecule has 1 aliphatic heterocycles. The summed E-state index contributed by atoms with van der Waals surface area (Å²) in [6, 6.07) is 10.8. The van der Waals surface area contributed by atoms with E-state index in [0.717, 1.165) is 4.90 Å². The van der Waals surface area contributed by atoms with Crippen LogP contribution < -0.4 is 9.62 Å². The molecule has 166 valence electrons. The predicted molar refractivity (Wildman–Crippen MR) is 116 cm³/mol. The summed E-state index contributed by atoms with van der Waals surface area (Å²) in [6.07, 6.45) is 0.279. The molecule has 1 saturated heterocycles. The number of nitrogens with zero attached hydrogens (tertiary/aromatic N) is 2. The second-order valence-electron chi connectivity index (χ2n) is 6.84. The van der Waals surface area contributed by atoms with Crippen LogP contribution in [0, 0.1) is 0 Å². The molecule has 0 unspecified atom stereocenters. The molecule has 0 bridgehead atoms. The van der Waals surface area contributed by atoms with Crippen molar-refractivity contribution in [1.29, 1.82) is 0 Å². The van der Waals surface area contributed by atoms with Crippen molar-refractivity contribution in [3.8, 4) is 0 Å². The van der Waals surface area contributed by atoms with Crippen LogP contribution in [0.5, 0.6) is 0 Å². The lowest BCUT2D eigenvalue weighted by atomic mass is 10.3. The Balaban J connectivity index is 1.78. The van der Waals surface area contributed by atoms with Crippen LogP contribution in [-0.4, -0.2) is 46.0 Å². The van der Waals surface area contributed by atoms with Crippen LogP contribution in [-0.2, 0) is 29.6 Å². The van der Waals surface area contributed by atoms with Gasteiger partial charge in [0.15, 0.2) is 0 Å². The van der Waals surface area contributed by atoms with Gasteiger partial charge in [0.2, 0.25) is 21.8 Å². The number of benzene rings is 2. The molecule has 31 heavy (non-hydrogen) atoms. The topological polar surface area (TPSA) is 121 Å². The highest BCUT2D eigenvalue weighted by molar-refractivity contribution is 7.92. The Kier molecular flexibility index (Phi) is 6.48. The normalized spacial score (nSPS) is 15.0. The maximum absolute atomic E-state index is 12.7. The van der Waals surface area contributed by atoms with E-state index in [1.807, 2.05) is 0 Å². The van der Waals surface area contributed by atoms with Crippen LogP contribution in [0.15, 0.2) is 58.3 Å². The molecule has 2 amide bonds. The molecule has 1 heterocycles. The first kappa shape index (κ1) is 22.9. The Morgan fingerprint density at radius 3 is 1.77 bits per heavy atom. The molecule has 9 nitrogen and oxygen atoms in total. The summed E-state index contributed by atoms with van der Waals surface area (Å²) in [5.41, 5.74) is 0.518. The molecule has 1 aliphatic rings. The number of hydrogen-bond donors (Lipinski definition) is 1. The first-order valence-corrected chi connectivity index (χ1v) is 12.6. The smallest absolute Gasteiger partial charge is 0.261 e. The van der Waals surface area contributed by atoms with E-state index in [4.69, 9.17) is 0 Å². The Labute approximate surface area is 181 Å². The van der Waals surface area contributed by atoms with Crippen molar-refractivity contribution in [1.82, 2.24) is 4.31 Å². The number of amides is 2. The molecular weight excluding hydrogens is 442 g/mol. The monoisotopic (exact) mass is 465 g/mol. The second kappa shape index (κ2) is 8.77. The average molecular weight is 466 g/mol. The van der Waals surface area contributed by atoms with Crippen molar-refractivity contribution < 1.29 is 26.4 Å². The predicted octanol–water partition coefficient (Wildman–Crippen LogP) is 2.17. The van der Waals surface area contributed by atoms with Crippen molar-refractivity contribution in [2.75, 3.05) is 22.7 Å². The van der Waals surface area contributed by atoms with E-state index in [0.29, 0.717) is 18.8 Å². The zero-order valence-electron chi connectivity index (χ0n) is 17.1. The molecule has 0 atom stereocenters. The van der Waals surface area contributed by atoms with Crippen molar-refractivity contribution >= 4 is 43.2 Å². The molecule has 0 aliphatic carbocycles. The maximum Gasteiger partial charge on any atom is 0.261 e. The molecule has 2 aromatic carbocycles. The Morgan fingerprint density at radius 2 is 1.29 bits per heavy atom. The third-order valence-electron chi connectivity index (χ3n) is 4.91. The van der Waals surface area contributed by atoms with E-state index in [9.17, 15) is 26.4 Å². The summed E-state index contributed by atoms with van der Waals surface area (Å²) in [5, 5.41) is 0. The second-order valence-corrected chi connectivity index (χ2v) is 10.5. The van der Waals surface area contributed by atoms with Gasteiger partial charge in [-0.05, 0) is 48.5 Å². The number of carbonyl (C=O) groups is 2. The van der Waals surface area contributed by atoms with Crippen LogP contribution >= 0.6 is 0 Å². The summed E-state index contributed by atoms with van der Waals surface area (Å²) in [6.45, 7) is 4.14. The highest BCUT2D eigenvalue weighted by Gasteiger charge is 2.30. The molecule has 0 spiro atoms. The summed E-state index contributed by atoms with van der Waals surface area (Å²) in [7, 11) is -7.59. The van der Waals surface area contributed by atoms with Crippen LogP contribution in [0.4, 0.5) is 11.4 Å². The summed E-state index contributed by atoms with van der Waals surface area (Å²) < 4.78 is 54.1. The van der Waals surface area contributed by atoms with Gasteiger partial charge in [-0.2, -0.15) is 4.31 Å². The molecule has 2 aromatic rings. The molecule has 1 fully saturated rings. The first-order chi connectivity index (χ1) is 14.6. The van der Waals surface area contributed by atoms with Crippen LogP contribution in [0.1, 0.15) is 26.7 Å². The number of imide groups is 1. The fraction of sp³-hybridized carbons (Fsp3) is 0.300. The largest absolute Gasteiger partial charge is 0.280 e. The Bertz CT molecular complexity index is 1170. The van der Waals surface area contributed by atoms with Crippen molar-refractivity contribution in [2.24, 2.45) is 0 Å². The van der Waals surface area contributed by atoms with Gasteiger partial charge in [-0.1, -0.05) is 13.8 Å². The van der Waals surface area contributed by atoms with Gasteiger partial charge in [0.1, 0.15) is 0 Å². The highest BCUT2D eigenvalue weighted by atomic mass is 32.2. The quantitative estimate of drug-likeness (QED) is 0.597. The van der Waals surface area contributed by atoms with E-state index in [1.165, 1.54) is 52.8 Å². The standard InChI is InChI=1S/C20H23N3O6S2/c1-3-22(4-2)31(28,29)18-9-5-15(6-10-18)21-30(26,27)17-11-7-16(8-12-17)23-19(24)13-14-20(23)25/h5-12,21H,3-4,13-14H2,1-2H3. The molecule has 0 radical (unpaired) electrons. The average Bonchev–Trinajstić information content (AvgIpc) is 3.07. The zero-order valence-corrected chi connectivity index (χ0v) is 18.7. The lowest BCUT2D eigenvalue weighted by molar-refractivity contribution is -0.121. The molecule has 11 heteroatoms. The van der Waals surface area contributed by atoms with Gasteiger partial charge in [-0.3, -0.25) is 19.2 Å². The van der Waals surface area contributed by atoms with E-state index >= 15 is 0 Å². The van der Waals surface area contributed by atoms with E-state index in [-0.39, 0.29) is 40.1 Å². The van der Waals surface area contributed by atoms with Gasteiger partial charge >= 0.3 is 0 Å². The number of anilines is 2. The highest BCUT2D eigenvalue weighted by Crippen LogP contribution is 2.25. The fourth-order valence-electron chi connectivity index (χ4n) is 3.26.